The number of carboxylic acids is 1. The van der Waals surface area contributed by atoms with Crippen molar-refractivity contribution in [3.8, 4) is 5.82 Å². The first kappa shape index (κ1) is 19.2. The molecule has 0 spiro atoms. The van der Waals surface area contributed by atoms with E-state index < -0.39 is 11.4 Å². The molecule has 2 aromatic heterocycles. The highest BCUT2D eigenvalue weighted by Crippen LogP contribution is 2.32. The largest absolute Gasteiger partial charge is 0.481 e. The number of nitrogens with zero attached hydrogens (tertiary/aromatic N) is 4. The maximum Gasteiger partial charge on any atom is 0.313 e. The Balaban J connectivity index is 1.97. The fourth-order valence-electron chi connectivity index (χ4n) is 3.96. The third kappa shape index (κ3) is 3.25. The molecule has 1 aliphatic rings. The summed E-state index contributed by atoms with van der Waals surface area (Å²) in [6.07, 6.45) is 2.68. The highest BCUT2D eigenvalue weighted by atomic mass is 16.5. The molecule has 2 aromatic rings. The lowest BCUT2D eigenvalue weighted by Gasteiger charge is -2.39. The van der Waals surface area contributed by atoms with Crippen LogP contribution in [-0.4, -0.2) is 63.0 Å². The quantitative estimate of drug-likeness (QED) is 0.862. The van der Waals surface area contributed by atoms with Gasteiger partial charge in [0.15, 0.2) is 0 Å². The number of aryl methyl sites for hydroxylation is 3. The standard InChI is InChI=1S/C19H26N4O4/c1-13-6-7-14(2)23(13)16-15(10-20-21(16)3)17(24)22-9-5-8-19(11-22,12-27-4)18(25)26/h6-7,10H,5,8-9,11-12H2,1-4H3,(H,25,26). The fraction of sp³-hybridized carbons (Fsp3) is 0.526. The molecule has 0 bridgehead atoms. The molecule has 1 atom stereocenters. The zero-order chi connectivity index (χ0) is 19.8. The Morgan fingerprint density at radius 2 is 1.96 bits per heavy atom. The van der Waals surface area contributed by atoms with E-state index in [2.05, 4.69) is 5.10 Å². The van der Waals surface area contributed by atoms with Crippen molar-refractivity contribution in [3.63, 3.8) is 0 Å². The number of piperidine rings is 1. The first-order chi connectivity index (χ1) is 12.8. The first-order valence-corrected chi connectivity index (χ1v) is 8.99. The van der Waals surface area contributed by atoms with Crippen molar-refractivity contribution in [1.82, 2.24) is 19.2 Å². The summed E-state index contributed by atoms with van der Waals surface area (Å²) in [4.78, 5) is 26.8. The van der Waals surface area contributed by atoms with Crippen LogP contribution >= 0.6 is 0 Å². The molecule has 0 saturated carbocycles. The van der Waals surface area contributed by atoms with Crippen LogP contribution in [0.4, 0.5) is 0 Å². The second-order valence-electron chi connectivity index (χ2n) is 7.31. The van der Waals surface area contributed by atoms with Gasteiger partial charge in [-0.1, -0.05) is 0 Å². The van der Waals surface area contributed by atoms with E-state index in [1.54, 1.807) is 22.8 Å². The number of aliphatic carboxylic acids is 1. The van der Waals surface area contributed by atoms with Crippen LogP contribution in [0.25, 0.3) is 5.82 Å². The van der Waals surface area contributed by atoms with Gasteiger partial charge in [-0.25, -0.2) is 0 Å². The minimum absolute atomic E-state index is 0.0851. The molecule has 1 saturated heterocycles. The van der Waals surface area contributed by atoms with Crippen LogP contribution in [0, 0.1) is 19.3 Å². The SMILES string of the molecule is COCC1(C(=O)O)CCCN(C(=O)c2cnn(C)c2-n2c(C)ccc2C)C1. The number of amides is 1. The van der Waals surface area contributed by atoms with Crippen LogP contribution in [0.2, 0.25) is 0 Å². The smallest absolute Gasteiger partial charge is 0.313 e. The minimum Gasteiger partial charge on any atom is -0.481 e. The summed E-state index contributed by atoms with van der Waals surface area (Å²) in [6.45, 7) is 4.69. The molecule has 146 valence electrons. The highest BCUT2D eigenvalue weighted by Gasteiger charge is 2.44. The van der Waals surface area contributed by atoms with Crippen molar-refractivity contribution in [3.05, 3.63) is 35.3 Å². The number of carbonyl (C=O) groups is 2. The summed E-state index contributed by atoms with van der Waals surface area (Å²) < 4.78 is 8.83. The van der Waals surface area contributed by atoms with Gasteiger partial charge in [-0.15, -0.1) is 0 Å². The summed E-state index contributed by atoms with van der Waals surface area (Å²) in [6, 6.07) is 3.98. The van der Waals surface area contributed by atoms with Gasteiger partial charge in [0.2, 0.25) is 0 Å². The van der Waals surface area contributed by atoms with E-state index in [0.29, 0.717) is 30.8 Å². The summed E-state index contributed by atoms with van der Waals surface area (Å²) in [5.74, 6) is -0.435. The highest BCUT2D eigenvalue weighted by molar-refractivity contribution is 5.97. The molecule has 1 N–H and O–H groups in total. The molecule has 3 rings (SSSR count). The van der Waals surface area contributed by atoms with Crippen LogP contribution in [0.15, 0.2) is 18.3 Å². The van der Waals surface area contributed by atoms with E-state index in [-0.39, 0.29) is 19.1 Å². The number of aromatic nitrogens is 3. The predicted molar refractivity (Wildman–Crippen MR) is 99.1 cm³/mol. The van der Waals surface area contributed by atoms with E-state index in [9.17, 15) is 14.7 Å². The van der Waals surface area contributed by atoms with Crippen LogP contribution in [0.1, 0.15) is 34.6 Å². The lowest BCUT2D eigenvalue weighted by molar-refractivity contribution is -0.155. The van der Waals surface area contributed by atoms with Gasteiger partial charge in [0.1, 0.15) is 16.8 Å². The Hall–Kier alpha value is -2.61. The zero-order valence-electron chi connectivity index (χ0n) is 16.2. The second-order valence-corrected chi connectivity index (χ2v) is 7.31. The number of carbonyl (C=O) groups excluding carboxylic acids is 1. The van der Waals surface area contributed by atoms with Gasteiger partial charge in [-0.05, 0) is 38.8 Å². The Kier molecular flexibility index (Phi) is 5.10. The molecule has 1 aliphatic heterocycles. The maximum absolute atomic E-state index is 13.3. The molecule has 0 radical (unpaired) electrons. The van der Waals surface area contributed by atoms with E-state index in [1.807, 2.05) is 30.5 Å². The van der Waals surface area contributed by atoms with Gasteiger partial charge in [0.05, 0.1) is 12.8 Å². The number of hydrogen-bond acceptors (Lipinski definition) is 4. The Morgan fingerprint density at radius 3 is 2.56 bits per heavy atom. The Morgan fingerprint density at radius 1 is 1.30 bits per heavy atom. The van der Waals surface area contributed by atoms with Crippen LogP contribution in [-0.2, 0) is 16.6 Å². The molecular formula is C19H26N4O4. The minimum atomic E-state index is -1.07. The summed E-state index contributed by atoms with van der Waals surface area (Å²) in [5, 5.41) is 14.0. The van der Waals surface area contributed by atoms with Crippen molar-refractivity contribution in [2.75, 3.05) is 26.8 Å². The van der Waals surface area contributed by atoms with Gasteiger partial charge in [0, 0.05) is 38.6 Å². The van der Waals surface area contributed by atoms with Gasteiger partial charge in [-0.3, -0.25) is 14.3 Å². The van der Waals surface area contributed by atoms with Crippen molar-refractivity contribution in [2.45, 2.75) is 26.7 Å². The third-order valence-corrected chi connectivity index (χ3v) is 5.36. The summed E-state index contributed by atoms with van der Waals surface area (Å²) in [5.41, 5.74) is 1.41. The maximum atomic E-state index is 13.3. The van der Waals surface area contributed by atoms with Gasteiger partial charge < -0.3 is 19.3 Å². The molecule has 1 unspecified atom stereocenters. The molecule has 8 nitrogen and oxygen atoms in total. The predicted octanol–water partition coefficient (Wildman–Crippen LogP) is 1.78. The Labute approximate surface area is 158 Å². The van der Waals surface area contributed by atoms with Crippen LogP contribution < -0.4 is 0 Å². The fourth-order valence-corrected chi connectivity index (χ4v) is 3.96. The molecule has 27 heavy (non-hydrogen) atoms. The van der Waals surface area contributed by atoms with Crippen molar-refractivity contribution in [2.24, 2.45) is 12.5 Å². The van der Waals surface area contributed by atoms with Gasteiger partial charge in [0.25, 0.3) is 5.91 Å². The van der Waals surface area contributed by atoms with E-state index in [1.165, 1.54) is 7.11 Å². The van der Waals surface area contributed by atoms with Gasteiger partial charge in [-0.2, -0.15) is 5.10 Å². The number of likely N-dealkylation sites (tertiary alicyclic amines) is 1. The van der Waals surface area contributed by atoms with E-state index in [4.69, 9.17) is 4.74 Å². The Bertz CT molecular complexity index is 846. The second kappa shape index (κ2) is 7.19. The van der Waals surface area contributed by atoms with Crippen LogP contribution in [0.5, 0.6) is 0 Å². The van der Waals surface area contributed by atoms with E-state index in [0.717, 1.165) is 11.4 Å². The van der Waals surface area contributed by atoms with Crippen molar-refractivity contribution in [1.29, 1.82) is 0 Å². The number of hydrogen-bond donors (Lipinski definition) is 1. The number of carboxylic acid groups (broad SMARTS) is 1. The number of methoxy groups -OCH3 is 1. The van der Waals surface area contributed by atoms with Crippen LogP contribution in [0.3, 0.4) is 0 Å². The molecule has 1 amide bonds. The third-order valence-electron chi connectivity index (χ3n) is 5.36. The molecule has 0 aromatic carbocycles. The molecule has 1 fully saturated rings. The lowest BCUT2D eigenvalue weighted by atomic mass is 9.80. The average Bonchev–Trinajstić information content (AvgIpc) is 3.16. The normalized spacial score (nSPS) is 20.1. The summed E-state index contributed by atoms with van der Waals surface area (Å²) >= 11 is 0. The number of ether oxygens (including phenoxy) is 1. The zero-order valence-corrected chi connectivity index (χ0v) is 16.2. The molecular weight excluding hydrogens is 348 g/mol. The molecule has 3 heterocycles. The first-order valence-electron chi connectivity index (χ1n) is 8.99. The molecule has 8 heteroatoms. The molecule has 0 aliphatic carbocycles. The van der Waals surface area contributed by atoms with E-state index >= 15 is 0 Å². The van der Waals surface area contributed by atoms with Crippen molar-refractivity contribution < 1.29 is 19.4 Å². The van der Waals surface area contributed by atoms with Gasteiger partial charge >= 0.3 is 5.97 Å². The average molecular weight is 374 g/mol. The number of rotatable bonds is 5. The monoisotopic (exact) mass is 374 g/mol. The van der Waals surface area contributed by atoms with Crippen molar-refractivity contribution >= 4 is 11.9 Å². The summed E-state index contributed by atoms with van der Waals surface area (Å²) in [7, 11) is 3.29. The topological polar surface area (TPSA) is 89.6 Å². The lowest BCUT2D eigenvalue weighted by Crippen LogP contribution is -2.52.